The molecule has 3 nitrogen and oxygen atoms in total. The lowest BCUT2D eigenvalue weighted by molar-refractivity contribution is -0.0436. The summed E-state index contributed by atoms with van der Waals surface area (Å²) in [5, 5.41) is 3.63. The van der Waals surface area contributed by atoms with Crippen molar-refractivity contribution in [2.45, 2.75) is 34.9 Å². The highest BCUT2D eigenvalue weighted by atomic mass is 32.2. The van der Waals surface area contributed by atoms with Gasteiger partial charge in [0.05, 0.1) is 4.90 Å². The van der Waals surface area contributed by atoms with Crippen molar-refractivity contribution in [1.82, 2.24) is 0 Å². The highest BCUT2D eigenvalue weighted by molar-refractivity contribution is 8.00. The van der Waals surface area contributed by atoms with Crippen LogP contribution >= 0.6 is 11.8 Å². The summed E-state index contributed by atoms with van der Waals surface area (Å²) in [7, 11) is -5.26. The van der Waals surface area contributed by atoms with Crippen LogP contribution in [-0.2, 0) is 9.84 Å². The Morgan fingerprint density at radius 2 is 1.86 bits per heavy atom. The highest BCUT2D eigenvalue weighted by Crippen LogP contribution is 2.31. The normalized spacial score (nSPS) is 20.2. The van der Waals surface area contributed by atoms with Crippen molar-refractivity contribution in [2.75, 3.05) is 17.6 Å². The molecule has 118 valence electrons. The van der Waals surface area contributed by atoms with Crippen molar-refractivity contribution >= 4 is 27.3 Å². The Balaban J connectivity index is 1.99. The molecule has 8 heteroatoms. The average Bonchev–Trinajstić information content (AvgIpc) is 2.45. The third-order valence-corrected chi connectivity index (χ3v) is 6.18. The van der Waals surface area contributed by atoms with Gasteiger partial charge in [-0.05, 0) is 42.9 Å². The molecule has 0 spiro atoms. The third-order valence-electron chi connectivity index (χ3n) is 3.28. The van der Waals surface area contributed by atoms with Gasteiger partial charge in [0.15, 0.2) is 0 Å². The fraction of sp³-hybridized carbons (Fsp3) is 0.538. The first-order chi connectivity index (χ1) is 9.80. The number of sulfone groups is 1. The van der Waals surface area contributed by atoms with Crippen molar-refractivity contribution in [3.8, 4) is 0 Å². The predicted molar refractivity (Wildman–Crippen MR) is 78.3 cm³/mol. The Labute approximate surface area is 126 Å². The van der Waals surface area contributed by atoms with E-state index in [1.807, 2.05) is 11.8 Å². The maximum atomic E-state index is 12.4. The van der Waals surface area contributed by atoms with Crippen LogP contribution in [0.4, 0.5) is 18.9 Å². The zero-order chi connectivity index (χ0) is 15.5. The Morgan fingerprint density at radius 1 is 1.19 bits per heavy atom. The van der Waals surface area contributed by atoms with E-state index >= 15 is 0 Å². The van der Waals surface area contributed by atoms with Gasteiger partial charge in [-0.3, -0.25) is 0 Å². The van der Waals surface area contributed by atoms with Gasteiger partial charge >= 0.3 is 5.51 Å². The number of nitrogens with one attached hydrogen (secondary N) is 1. The number of hydrogen-bond acceptors (Lipinski definition) is 4. The van der Waals surface area contributed by atoms with Crippen LogP contribution in [0.25, 0.3) is 0 Å². The second kappa shape index (κ2) is 6.48. The molecular weight excluding hydrogens is 323 g/mol. The number of benzene rings is 1. The molecule has 0 aromatic heterocycles. The van der Waals surface area contributed by atoms with Crippen LogP contribution in [0.3, 0.4) is 0 Å². The molecular formula is C13H16F3NO2S2. The quantitative estimate of drug-likeness (QED) is 0.909. The summed E-state index contributed by atoms with van der Waals surface area (Å²) in [5.74, 6) is 1.13. The molecule has 1 aliphatic rings. The van der Waals surface area contributed by atoms with Crippen LogP contribution in [0.2, 0.25) is 0 Å². The van der Waals surface area contributed by atoms with Crippen LogP contribution in [0.5, 0.6) is 0 Å². The van der Waals surface area contributed by atoms with Gasteiger partial charge in [0.1, 0.15) is 0 Å². The molecule has 1 unspecified atom stereocenters. The first kappa shape index (κ1) is 16.5. The monoisotopic (exact) mass is 339 g/mol. The van der Waals surface area contributed by atoms with Gasteiger partial charge in [-0.15, -0.1) is 0 Å². The molecule has 1 saturated heterocycles. The largest absolute Gasteiger partial charge is 0.501 e. The maximum absolute atomic E-state index is 12.4. The molecule has 1 atom stereocenters. The molecule has 1 aromatic rings. The Bertz CT molecular complexity index is 564. The minimum absolute atomic E-state index is 0.498. The van der Waals surface area contributed by atoms with Crippen molar-refractivity contribution in [3.05, 3.63) is 24.3 Å². The van der Waals surface area contributed by atoms with Gasteiger partial charge in [0.25, 0.3) is 9.84 Å². The number of halogens is 3. The topological polar surface area (TPSA) is 46.2 Å². The Kier molecular flexibility index (Phi) is 5.08. The summed E-state index contributed by atoms with van der Waals surface area (Å²) in [6.45, 7) is 0.732. The number of anilines is 1. The molecule has 1 N–H and O–H groups in total. The van der Waals surface area contributed by atoms with Crippen molar-refractivity contribution in [3.63, 3.8) is 0 Å². The van der Waals surface area contributed by atoms with E-state index in [1.165, 1.54) is 25.0 Å². The zero-order valence-corrected chi connectivity index (χ0v) is 12.8. The van der Waals surface area contributed by atoms with Crippen molar-refractivity contribution in [2.24, 2.45) is 0 Å². The Hall–Kier alpha value is -0.890. The van der Waals surface area contributed by atoms with Gasteiger partial charge in [-0.1, -0.05) is 6.42 Å². The maximum Gasteiger partial charge on any atom is 0.501 e. The predicted octanol–water partition coefficient (Wildman–Crippen LogP) is 3.68. The molecule has 0 radical (unpaired) electrons. The number of rotatable bonds is 4. The van der Waals surface area contributed by atoms with E-state index in [2.05, 4.69) is 5.32 Å². The van der Waals surface area contributed by atoms with E-state index < -0.39 is 20.2 Å². The van der Waals surface area contributed by atoms with E-state index in [-0.39, 0.29) is 0 Å². The van der Waals surface area contributed by atoms with Gasteiger partial charge in [-0.2, -0.15) is 24.9 Å². The van der Waals surface area contributed by atoms with E-state index in [0.717, 1.165) is 30.9 Å². The number of hydrogen-bond donors (Lipinski definition) is 1. The highest BCUT2D eigenvalue weighted by Gasteiger charge is 2.46. The fourth-order valence-electron chi connectivity index (χ4n) is 2.09. The molecule has 0 bridgehead atoms. The van der Waals surface area contributed by atoms with E-state index in [0.29, 0.717) is 10.9 Å². The van der Waals surface area contributed by atoms with Gasteiger partial charge in [-0.25, -0.2) is 8.42 Å². The lowest BCUT2D eigenvalue weighted by Gasteiger charge is -2.22. The van der Waals surface area contributed by atoms with Crippen molar-refractivity contribution in [1.29, 1.82) is 0 Å². The molecule has 1 heterocycles. The standard InChI is InChI=1S/C13H16F3NO2S2/c14-13(15,16)21(18,19)12-6-4-10(5-7-12)17-9-11-3-1-2-8-20-11/h4-7,11,17H,1-3,8-9H2. The van der Waals surface area contributed by atoms with Gasteiger partial charge in [0.2, 0.25) is 0 Å². The summed E-state index contributed by atoms with van der Waals surface area (Å²) in [6, 6.07) is 4.70. The molecule has 21 heavy (non-hydrogen) atoms. The zero-order valence-electron chi connectivity index (χ0n) is 11.2. The van der Waals surface area contributed by atoms with E-state index in [1.54, 1.807) is 0 Å². The van der Waals surface area contributed by atoms with Gasteiger partial charge in [0, 0.05) is 17.5 Å². The summed E-state index contributed by atoms with van der Waals surface area (Å²) in [6.07, 6.45) is 3.55. The molecule has 1 aliphatic heterocycles. The number of alkyl halides is 3. The molecule has 1 aromatic carbocycles. The lowest BCUT2D eigenvalue weighted by Crippen LogP contribution is -2.23. The lowest BCUT2D eigenvalue weighted by atomic mass is 10.2. The van der Waals surface area contributed by atoms with Crippen LogP contribution in [0, 0.1) is 0 Å². The SMILES string of the molecule is O=S(=O)(c1ccc(NCC2CCCCS2)cc1)C(F)(F)F. The smallest absolute Gasteiger partial charge is 0.384 e. The fourth-order valence-corrected chi connectivity index (χ4v) is 4.09. The first-order valence-electron chi connectivity index (χ1n) is 6.57. The van der Waals surface area contributed by atoms with Crippen LogP contribution in [0.1, 0.15) is 19.3 Å². The minimum Gasteiger partial charge on any atom is -0.384 e. The molecule has 0 aliphatic carbocycles. The van der Waals surface area contributed by atoms with Crippen LogP contribution in [0.15, 0.2) is 29.2 Å². The molecule has 0 amide bonds. The van der Waals surface area contributed by atoms with Crippen LogP contribution < -0.4 is 5.32 Å². The van der Waals surface area contributed by atoms with E-state index in [4.69, 9.17) is 0 Å². The van der Waals surface area contributed by atoms with Crippen LogP contribution in [-0.4, -0.2) is 31.5 Å². The van der Waals surface area contributed by atoms with Gasteiger partial charge < -0.3 is 5.32 Å². The third kappa shape index (κ3) is 4.06. The minimum atomic E-state index is -5.26. The van der Waals surface area contributed by atoms with E-state index in [9.17, 15) is 21.6 Å². The number of thioether (sulfide) groups is 1. The second-order valence-corrected chi connectivity index (χ2v) is 8.19. The summed E-state index contributed by atoms with van der Waals surface area (Å²) in [4.78, 5) is -0.729. The Morgan fingerprint density at radius 3 is 2.38 bits per heavy atom. The molecule has 2 rings (SSSR count). The summed E-state index contributed by atoms with van der Waals surface area (Å²) < 4.78 is 59.7. The molecule has 0 saturated carbocycles. The summed E-state index contributed by atoms with van der Waals surface area (Å²) in [5.41, 5.74) is -4.64. The molecule has 1 fully saturated rings. The second-order valence-electron chi connectivity index (χ2n) is 4.84. The summed E-state index contributed by atoms with van der Waals surface area (Å²) >= 11 is 1.89. The first-order valence-corrected chi connectivity index (χ1v) is 9.11. The van der Waals surface area contributed by atoms with Crippen molar-refractivity contribution < 1.29 is 21.6 Å². The average molecular weight is 339 g/mol.